The number of aromatic nitrogens is 2. The van der Waals surface area contributed by atoms with Gasteiger partial charge in [0.25, 0.3) is 5.56 Å². The molecular formula is C15H16FN3O. The molecule has 2 N–H and O–H groups in total. The van der Waals surface area contributed by atoms with E-state index < -0.39 is 0 Å². The number of H-pyrrole nitrogens is 1. The van der Waals surface area contributed by atoms with E-state index in [1.165, 1.54) is 6.07 Å². The zero-order chi connectivity index (χ0) is 14.1. The minimum absolute atomic E-state index is 0.0914. The van der Waals surface area contributed by atoms with Crippen molar-refractivity contribution in [2.24, 2.45) is 0 Å². The van der Waals surface area contributed by atoms with Gasteiger partial charge in [-0.15, -0.1) is 0 Å². The molecule has 104 valence electrons. The number of anilines is 2. The van der Waals surface area contributed by atoms with Crippen molar-refractivity contribution in [2.45, 2.75) is 32.6 Å². The van der Waals surface area contributed by atoms with Crippen molar-refractivity contribution < 1.29 is 4.39 Å². The smallest absolute Gasteiger partial charge is 0.255 e. The summed E-state index contributed by atoms with van der Waals surface area (Å²) in [5.41, 5.74) is 2.68. The van der Waals surface area contributed by atoms with E-state index in [2.05, 4.69) is 15.3 Å². The van der Waals surface area contributed by atoms with Crippen LogP contribution in [0.1, 0.15) is 29.7 Å². The summed E-state index contributed by atoms with van der Waals surface area (Å²) in [6, 6.07) is 4.79. The van der Waals surface area contributed by atoms with Gasteiger partial charge in [0.1, 0.15) is 5.82 Å². The maximum atomic E-state index is 13.5. The molecule has 0 aliphatic heterocycles. The van der Waals surface area contributed by atoms with Gasteiger partial charge in [0, 0.05) is 16.8 Å². The summed E-state index contributed by atoms with van der Waals surface area (Å²) in [4.78, 5) is 19.2. The van der Waals surface area contributed by atoms with Crippen LogP contribution in [-0.4, -0.2) is 9.97 Å². The number of rotatable bonds is 2. The van der Waals surface area contributed by atoms with E-state index in [1.54, 1.807) is 19.1 Å². The van der Waals surface area contributed by atoms with Crippen molar-refractivity contribution >= 4 is 11.6 Å². The van der Waals surface area contributed by atoms with E-state index in [0.717, 1.165) is 36.9 Å². The number of hydrogen-bond acceptors (Lipinski definition) is 3. The van der Waals surface area contributed by atoms with Gasteiger partial charge in [-0.25, -0.2) is 9.37 Å². The van der Waals surface area contributed by atoms with E-state index in [1.807, 2.05) is 0 Å². The van der Waals surface area contributed by atoms with E-state index in [0.29, 0.717) is 17.2 Å². The molecular weight excluding hydrogens is 257 g/mol. The van der Waals surface area contributed by atoms with E-state index in [9.17, 15) is 9.18 Å². The third kappa shape index (κ3) is 2.31. The fourth-order valence-corrected chi connectivity index (χ4v) is 2.53. The predicted octanol–water partition coefficient (Wildman–Crippen LogP) is 2.84. The van der Waals surface area contributed by atoms with Crippen molar-refractivity contribution in [3.8, 4) is 0 Å². The van der Waals surface area contributed by atoms with Gasteiger partial charge in [-0.2, -0.15) is 0 Å². The van der Waals surface area contributed by atoms with Crippen LogP contribution in [0.25, 0.3) is 0 Å². The molecule has 0 amide bonds. The standard InChI is InChI=1S/C15H16FN3O/c1-9-11(16)6-4-8-12(9)17-15-18-13-7-3-2-5-10(13)14(20)19-15/h4,6,8H,2-3,5,7H2,1H3,(H2,17,18,19,20). The summed E-state index contributed by atoms with van der Waals surface area (Å²) in [5, 5.41) is 3.00. The van der Waals surface area contributed by atoms with Gasteiger partial charge < -0.3 is 5.32 Å². The molecule has 3 rings (SSSR count). The molecule has 0 saturated carbocycles. The number of aromatic amines is 1. The third-order valence-corrected chi connectivity index (χ3v) is 3.71. The van der Waals surface area contributed by atoms with Crippen LogP contribution in [0.2, 0.25) is 0 Å². The van der Waals surface area contributed by atoms with Gasteiger partial charge in [-0.05, 0) is 44.7 Å². The number of nitrogens with one attached hydrogen (secondary N) is 2. The van der Waals surface area contributed by atoms with Crippen molar-refractivity contribution in [3.05, 3.63) is 51.2 Å². The lowest BCUT2D eigenvalue weighted by Gasteiger charge is -2.15. The maximum absolute atomic E-state index is 13.5. The highest BCUT2D eigenvalue weighted by Crippen LogP contribution is 2.22. The highest BCUT2D eigenvalue weighted by molar-refractivity contribution is 5.58. The SMILES string of the molecule is Cc1c(F)cccc1Nc1nc2c(c(=O)[nH]1)CCCC2. The Kier molecular flexibility index (Phi) is 3.26. The minimum atomic E-state index is -0.282. The van der Waals surface area contributed by atoms with E-state index in [-0.39, 0.29) is 11.4 Å². The fourth-order valence-electron chi connectivity index (χ4n) is 2.53. The van der Waals surface area contributed by atoms with Crippen molar-refractivity contribution in [1.29, 1.82) is 0 Å². The summed E-state index contributed by atoms with van der Waals surface area (Å²) in [5.74, 6) is 0.0969. The lowest BCUT2D eigenvalue weighted by Crippen LogP contribution is -2.22. The molecule has 0 saturated heterocycles. The molecule has 1 aliphatic carbocycles. The average molecular weight is 273 g/mol. The van der Waals surface area contributed by atoms with Crippen LogP contribution in [0.4, 0.5) is 16.0 Å². The van der Waals surface area contributed by atoms with Crippen LogP contribution in [-0.2, 0) is 12.8 Å². The lowest BCUT2D eigenvalue weighted by atomic mass is 9.97. The molecule has 20 heavy (non-hydrogen) atoms. The lowest BCUT2D eigenvalue weighted by molar-refractivity contribution is 0.619. The Hall–Kier alpha value is -2.17. The van der Waals surface area contributed by atoms with Crippen LogP contribution in [0, 0.1) is 12.7 Å². The fraction of sp³-hybridized carbons (Fsp3) is 0.333. The second kappa shape index (κ2) is 5.07. The Morgan fingerprint density at radius 3 is 2.95 bits per heavy atom. The maximum Gasteiger partial charge on any atom is 0.255 e. The summed E-state index contributed by atoms with van der Waals surface area (Å²) in [7, 11) is 0. The quantitative estimate of drug-likeness (QED) is 0.884. The molecule has 2 aromatic rings. The first-order chi connectivity index (χ1) is 9.65. The molecule has 0 atom stereocenters. The topological polar surface area (TPSA) is 57.8 Å². The molecule has 1 aromatic heterocycles. The number of benzene rings is 1. The molecule has 0 radical (unpaired) electrons. The molecule has 4 nitrogen and oxygen atoms in total. The molecule has 0 fully saturated rings. The monoisotopic (exact) mass is 273 g/mol. The minimum Gasteiger partial charge on any atom is -0.325 e. The number of aryl methyl sites for hydroxylation is 1. The molecule has 0 unspecified atom stereocenters. The second-order valence-corrected chi connectivity index (χ2v) is 5.08. The van der Waals surface area contributed by atoms with E-state index in [4.69, 9.17) is 0 Å². The second-order valence-electron chi connectivity index (χ2n) is 5.08. The Labute approximate surface area is 116 Å². The van der Waals surface area contributed by atoms with Gasteiger partial charge in [0.05, 0.1) is 5.69 Å². The van der Waals surface area contributed by atoms with Gasteiger partial charge in [0.2, 0.25) is 5.95 Å². The Morgan fingerprint density at radius 2 is 2.10 bits per heavy atom. The van der Waals surface area contributed by atoms with Crippen LogP contribution in [0.5, 0.6) is 0 Å². The highest BCUT2D eigenvalue weighted by Gasteiger charge is 2.15. The molecule has 1 aromatic carbocycles. The first-order valence-corrected chi connectivity index (χ1v) is 6.79. The Balaban J connectivity index is 1.97. The van der Waals surface area contributed by atoms with Gasteiger partial charge in [-0.1, -0.05) is 6.07 Å². The molecule has 5 heteroatoms. The van der Waals surface area contributed by atoms with Crippen molar-refractivity contribution in [2.75, 3.05) is 5.32 Å². The van der Waals surface area contributed by atoms with Crippen molar-refractivity contribution in [1.82, 2.24) is 9.97 Å². The average Bonchev–Trinajstić information content (AvgIpc) is 2.44. The Morgan fingerprint density at radius 1 is 1.30 bits per heavy atom. The summed E-state index contributed by atoms with van der Waals surface area (Å²) < 4.78 is 13.5. The number of hydrogen-bond donors (Lipinski definition) is 2. The highest BCUT2D eigenvalue weighted by atomic mass is 19.1. The Bertz CT molecular complexity index is 709. The summed E-state index contributed by atoms with van der Waals surface area (Å²) in [6.45, 7) is 1.69. The summed E-state index contributed by atoms with van der Waals surface area (Å²) in [6.07, 6.45) is 3.71. The third-order valence-electron chi connectivity index (χ3n) is 3.71. The zero-order valence-corrected chi connectivity index (χ0v) is 11.3. The first kappa shape index (κ1) is 12.8. The van der Waals surface area contributed by atoms with Crippen LogP contribution in [0.3, 0.4) is 0 Å². The number of nitrogens with zero attached hydrogens (tertiary/aromatic N) is 1. The van der Waals surface area contributed by atoms with Crippen LogP contribution in [0.15, 0.2) is 23.0 Å². The molecule has 0 bridgehead atoms. The van der Waals surface area contributed by atoms with Gasteiger partial charge in [-0.3, -0.25) is 9.78 Å². The van der Waals surface area contributed by atoms with Gasteiger partial charge >= 0.3 is 0 Å². The number of fused-ring (bicyclic) bond motifs is 1. The van der Waals surface area contributed by atoms with Crippen LogP contribution >= 0.6 is 0 Å². The zero-order valence-electron chi connectivity index (χ0n) is 11.3. The normalized spacial score (nSPS) is 13.9. The largest absolute Gasteiger partial charge is 0.325 e. The summed E-state index contributed by atoms with van der Waals surface area (Å²) >= 11 is 0. The van der Waals surface area contributed by atoms with E-state index >= 15 is 0 Å². The first-order valence-electron chi connectivity index (χ1n) is 6.79. The number of halogens is 1. The molecule has 0 spiro atoms. The van der Waals surface area contributed by atoms with Gasteiger partial charge in [0.15, 0.2) is 0 Å². The van der Waals surface area contributed by atoms with Crippen molar-refractivity contribution in [3.63, 3.8) is 0 Å². The predicted molar refractivity (Wildman–Crippen MR) is 75.9 cm³/mol. The molecule has 1 aliphatic rings. The molecule has 1 heterocycles. The van der Waals surface area contributed by atoms with Crippen LogP contribution < -0.4 is 10.9 Å².